The van der Waals surface area contributed by atoms with Gasteiger partial charge in [-0.2, -0.15) is 0 Å². The number of benzene rings is 3. The van der Waals surface area contributed by atoms with Gasteiger partial charge in [-0.3, -0.25) is 9.71 Å². The number of ether oxygens (including phenoxy) is 1. The van der Waals surface area contributed by atoms with Crippen LogP contribution in [0.4, 0.5) is 0 Å². The number of aliphatic imine (C=N–C) groups is 1. The highest BCUT2D eigenvalue weighted by Gasteiger charge is 2.15. The molecule has 0 aliphatic rings. The molecule has 34 heavy (non-hydrogen) atoms. The molecular formula is C26H22Cl2N4OS. The van der Waals surface area contributed by atoms with Gasteiger partial charge in [0.25, 0.3) is 0 Å². The molecule has 4 rings (SSSR count). The van der Waals surface area contributed by atoms with Gasteiger partial charge in [-0.05, 0) is 71.6 Å². The van der Waals surface area contributed by atoms with Crippen LogP contribution in [0.15, 0.2) is 94.9 Å². The lowest BCUT2D eigenvalue weighted by Crippen LogP contribution is -2.25. The second kappa shape index (κ2) is 11.3. The summed E-state index contributed by atoms with van der Waals surface area (Å²) in [5, 5.41) is 1.26. The van der Waals surface area contributed by atoms with Crippen molar-refractivity contribution < 1.29 is 4.74 Å². The monoisotopic (exact) mass is 508 g/mol. The summed E-state index contributed by atoms with van der Waals surface area (Å²) in [6, 6.07) is 25.1. The van der Waals surface area contributed by atoms with Crippen LogP contribution >= 0.6 is 35.1 Å². The fraction of sp³-hybridized carbons (Fsp3) is 0.0769. The van der Waals surface area contributed by atoms with Crippen LogP contribution in [-0.4, -0.2) is 18.1 Å². The quantitative estimate of drug-likeness (QED) is 0.162. The molecule has 3 aromatic carbocycles. The molecule has 8 heteroatoms. The highest BCUT2D eigenvalue weighted by Crippen LogP contribution is 2.38. The number of aromatic nitrogens is 1. The zero-order chi connectivity index (χ0) is 23.9. The van der Waals surface area contributed by atoms with Crippen molar-refractivity contribution in [2.75, 3.05) is 7.11 Å². The third-order valence-corrected chi connectivity index (χ3v) is 6.27. The Labute approximate surface area is 213 Å². The van der Waals surface area contributed by atoms with E-state index in [0.29, 0.717) is 28.3 Å². The Balaban J connectivity index is 1.64. The van der Waals surface area contributed by atoms with Gasteiger partial charge in [0, 0.05) is 32.3 Å². The lowest BCUT2D eigenvalue weighted by molar-refractivity contribution is 0.416. The number of methoxy groups -OCH3 is 1. The van der Waals surface area contributed by atoms with Crippen molar-refractivity contribution in [2.24, 2.45) is 10.7 Å². The number of hydrogen-bond acceptors (Lipinski definition) is 4. The largest absolute Gasteiger partial charge is 0.496 e. The molecule has 0 amide bonds. The SMILES string of the molecule is COc1cc(Cl)ccc1-c1ncc(CN=C(N)NSc2ccccc2)cc1-c1ccc(Cl)cc1. The minimum Gasteiger partial charge on any atom is -0.496 e. The number of hydrogen-bond donors (Lipinski definition) is 2. The Morgan fingerprint density at radius 1 is 0.971 bits per heavy atom. The number of nitrogens with zero attached hydrogens (tertiary/aromatic N) is 2. The Morgan fingerprint density at radius 2 is 1.71 bits per heavy atom. The maximum atomic E-state index is 6.17. The van der Waals surface area contributed by atoms with Gasteiger partial charge in [-0.1, -0.05) is 53.5 Å². The van der Waals surface area contributed by atoms with Gasteiger partial charge in [0.2, 0.25) is 0 Å². The average molecular weight is 509 g/mol. The van der Waals surface area contributed by atoms with Crippen LogP contribution in [0.2, 0.25) is 10.0 Å². The Hall–Kier alpha value is -3.19. The molecule has 1 aromatic heterocycles. The van der Waals surface area contributed by atoms with Crippen molar-refractivity contribution in [3.63, 3.8) is 0 Å². The highest BCUT2D eigenvalue weighted by atomic mass is 35.5. The first-order valence-corrected chi connectivity index (χ1v) is 12.0. The van der Waals surface area contributed by atoms with Gasteiger partial charge in [0.1, 0.15) is 5.75 Å². The third kappa shape index (κ3) is 6.03. The summed E-state index contributed by atoms with van der Waals surface area (Å²) in [4.78, 5) is 10.3. The number of halogens is 2. The van der Waals surface area contributed by atoms with Crippen LogP contribution in [0, 0.1) is 0 Å². The van der Waals surface area contributed by atoms with Crippen molar-refractivity contribution in [3.8, 4) is 28.1 Å². The molecule has 0 saturated heterocycles. The fourth-order valence-electron chi connectivity index (χ4n) is 3.33. The minimum absolute atomic E-state index is 0.338. The Morgan fingerprint density at radius 3 is 2.44 bits per heavy atom. The second-order valence-electron chi connectivity index (χ2n) is 7.31. The maximum Gasteiger partial charge on any atom is 0.199 e. The van der Waals surface area contributed by atoms with Gasteiger partial charge < -0.3 is 10.5 Å². The number of pyridine rings is 1. The molecule has 3 N–H and O–H groups in total. The normalized spacial score (nSPS) is 11.3. The van der Waals surface area contributed by atoms with E-state index in [1.807, 2.05) is 66.7 Å². The molecule has 1 heterocycles. The lowest BCUT2D eigenvalue weighted by atomic mass is 9.97. The van der Waals surface area contributed by atoms with Crippen LogP contribution < -0.4 is 15.2 Å². The molecule has 0 bridgehead atoms. The van der Waals surface area contributed by atoms with Gasteiger partial charge in [-0.25, -0.2) is 4.99 Å². The summed E-state index contributed by atoms with van der Waals surface area (Å²) in [6.45, 7) is 0.375. The second-order valence-corrected chi connectivity index (χ2v) is 9.06. The molecule has 0 saturated carbocycles. The van der Waals surface area contributed by atoms with Gasteiger partial charge in [-0.15, -0.1) is 0 Å². The van der Waals surface area contributed by atoms with Crippen molar-refractivity contribution >= 4 is 41.1 Å². The predicted octanol–water partition coefficient (Wildman–Crippen LogP) is 6.84. The third-order valence-electron chi connectivity index (χ3n) is 4.97. The predicted molar refractivity (Wildman–Crippen MR) is 142 cm³/mol. The van der Waals surface area contributed by atoms with E-state index in [0.717, 1.165) is 32.8 Å². The Kier molecular flexibility index (Phi) is 7.95. The van der Waals surface area contributed by atoms with Crippen LogP contribution in [0.1, 0.15) is 5.56 Å². The molecule has 0 fully saturated rings. The summed E-state index contributed by atoms with van der Waals surface area (Å²) in [7, 11) is 1.61. The molecule has 4 aromatic rings. The van der Waals surface area contributed by atoms with E-state index in [1.54, 1.807) is 19.4 Å². The van der Waals surface area contributed by atoms with E-state index in [-0.39, 0.29) is 0 Å². The summed E-state index contributed by atoms with van der Waals surface area (Å²) in [5.74, 6) is 0.984. The van der Waals surface area contributed by atoms with Crippen LogP contribution in [0.5, 0.6) is 5.75 Å². The number of nitrogens with two attached hydrogens (primary N) is 1. The summed E-state index contributed by atoms with van der Waals surface area (Å²) in [5.41, 5.74) is 10.5. The van der Waals surface area contributed by atoms with Gasteiger partial charge in [0.15, 0.2) is 5.96 Å². The summed E-state index contributed by atoms with van der Waals surface area (Å²) in [6.07, 6.45) is 1.80. The number of rotatable bonds is 7. The van der Waals surface area contributed by atoms with Crippen molar-refractivity contribution in [3.05, 3.63) is 101 Å². The number of guanidine groups is 1. The molecule has 0 aliphatic heterocycles. The van der Waals surface area contributed by atoms with Crippen LogP contribution in [0.25, 0.3) is 22.4 Å². The molecule has 172 valence electrons. The first-order chi connectivity index (χ1) is 16.5. The maximum absolute atomic E-state index is 6.17. The van der Waals surface area contributed by atoms with E-state index >= 15 is 0 Å². The Bertz CT molecular complexity index is 1300. The van der Waals surface area contributed by atoms with E-state index in [9.17, 15) is 0 Å². The smallest absolute Gasteiger partial charge is 0.199 e. The van der Waals surface area contributed by atoms with Crippen molar-refractivity contribution in [1.82, 2.24) is 9.71 Å². The molecule has 5 nitrogen and oxygen atoms in total. The zero-order valence-electron chi connectivity index (χ0n) is 18.3. The van der Waals surface area contributed by atoms with E-state index < -0.39 is 0 Å². The first-order valence-electron chi connectivity index (χ1n) is 10.4. The fourth-order valence-corrected chi connectivity index (χ4v) is 4.20. The lowest BCUT2D eigenvalue weighted by Gasteiger charge is -2.14. The van der Waals surface area contributed by atoms with Crippen molar-refractivity contribution in [2.45, 2.75) is 11.4 Å². The molecule has 0 spiro atoms. The molecule has 0 unspecified atom stereocenters. The molecule has 0 radical (unpaired) electrons. The zero-order valence-corrected chi connectivity index (χ0v) is 20.7. The standard InChI is InChI=1S/C26H22Cl2N4OS/c1-33-24-14-20(28)11-12-22(24)25-23(18-7-9-19(27)10-8-18)13-17(15-30-25)16-31-26(29)32-34-21-5-3-2-4-6-21/h2-15H,16H2,1H3,(H3,29,31,32). The molecular weight excluding hydrogens is 487 g/mol. The molecule has 0 aliphatic carbocycles. The molecule has 0 atom stereocenters. The van der Waals surface area contributed by atoms with Gasteiger partial charge >= 0.3 is 0 Å². The average Bonchev–Trinajstić information content (AvgIpc) is 2.87. The summed E-state index contributed by atoms with van der Waals surface area (Å²) >= 11 is 13.7. The van der Waals surface area contributed by atoms with Crippen LogP contribution in [-0.2, 0) is 6.54 Å². The number of nitrogens with one attached hydrogen (secondary N) is 1. The van der Waals surface area contributed by atoms with E-state index in [4.69, 9.17) is 38.7 Å². The first kappa shape index (κ1) is 24.0. The highest BCUT2D eigenvalue weighted by molar-refractivity contribution is 7.98. The van der Waals surface area contributed by atoms with Crippen molar-refractivity contribution in [1.29, 1.82) is 0 Å². The van der Waals surface area contributed by atoms with Gasteiger partial charge in [0.05, 0.1) is 19.3 Å². The van der Waals surface area contributed by atoms with Crippen LogP contribution in [0.3, 0.4) is 0 Å². The van der Waals surface area contributed by atoms with E-state index in [2.05, 4.69) is 15.8 Å². The topological polar surface area (TPSA) is 72.5 Å². The van der Waals surface area contributed by atoms with E-state index in [1.165, 1.54) is 11.9 Å². The minimum atomic E-state index is 0.338. The summed E-state index contributed by atoms with van der Waals surface area (Å²) < 4.78 is 8.63.